The minimum Gasteiger partial charge on any atom is -0.394 e. The van der Waals surface area contributed by atoms with E-state index in [0.29, 0.717) is 12.8 Å². The first-order valence-electron chi connectivity index (χ1n) is 30.9. The van der Waals surface area contributed by atoms with Crippen molar-refractivity contribution >= 4 is 5.91 Å². The molecule has 0 aromatic rings. The monoisotopic (exact) mass is 1140 g/mol. The Kier molecular flexibility index (Phi) is 39.8. The van der Waals surface area contributed by atoms with Crippen molar-refractivity contribution in [2.24, 2.45) is 0 Å². The zero-order chi connectivity index (χ0) is 58.3. The van der Waals surface area contributed by atoms with Crippen LogP contribution >= 0.6 is 0 Å². The number of rotatable bonds is 45. The van der Waals surface area contributed by atoms with E-state index >= 15 is 0 Å². The predicted octanol–water partition coefficient (Wildman–Crippen LogP) is 5.87. The van der Waals surface area contributed by atoms with Crippen molar-refractivity contribution in [1.82, 2.24) is 5.32 Å². The van der Waals surface area contributed by atoms with Crippen molar-refractivity contribution in [3.8, 4) is 0 Å². The van der Waals surface area contributed by atoms with E-state index in [-0.39, 0.29) is 18.9 Å². The third-order valence-electron chi connectivity index (χ3n) is 15.4. The molecule has 3 heterocycles. The molecule has 17 atom stereocenters. The second-order valence-electron chi connectivity index (χ2n) is 22.1. The summed E-state index contributed by atoms with van der Waals surface area (Å²) in [5, 5.41) is 120. The molecule has 0 spiro atoms. The van der Waals surface area contributed by atoms with Crippen molar-refractivity contribution in [1.29, 1.82) is 0 Å². The normalized spacial score (nSPS) is 30.3. The van der Waals surface area contributed by atoms with Crippen LogP contribution in [0.25, 0.3) is 0 Å². The minimum atomic E-state index is -1.98. The molecule has 80 heavy (non-hydrogen) atoms. The van der Waals surface area contributed by atoms with Gasteiger partial charge < -0.3 is 89.9 Å². The van der Waals surface area contributed by atoms with Crippen LogP contribution in [-0.4, -0.2) is 193 Å². The fourth-order valence-corrected chi connectivity index (χ4v) is 10.4. The molecule has 3 saturated heterocycles. The quantitative estimate of drug-likeness (QED) is 0.0250. The lowest BCUT2D eigenvalue weighted by Crippen LogP contribution is -2.66. The maximum Gasteiger partial charge on any atom is 0.220 e. The van der Waals surface area contributed by atoms with Crippen LogP contribution in [0.15, 0.2) is 48.6 Å². The van der Waals surface area contributed by atoms with Crippen LogP contribution in [0.2, 0.25) is 0 Å². The van der Waals surface area contributed by atoms with E-state index in [4.69, 9.17) is 28.4 Å². The summed E-state index contributed by atoms with van der Waals surface area (Å²) in [7, 11) is 0. The van der Waals surface area contributed by atoms with Crippen LogP contribution in [0, 0.1) is 0 Å². The van der Waals surface area contributed by atoms with Crippen molar-refractivity contribution in [2.45, 2.75) is 304 Å². The molecule has 17 unspecified atom stereocenters. The van der Waals surface area contributed by atoms with Crippen LogP contribution < -0.4 is 5.32 Å². The lowest BCUT2D eigenvalue weighted by molar-refractivity contribution is -0.379. The highest BCUT2D eigenvalue weighted by atomic mass is 16.8. The summed E-state index contributed by atoms with van der Waals surface area (Å²) in [4.78, 5) is 13.3. The Bertz CT molecular complexity index is 1650. The molecule has 19 heteroatoms. The van der Waals surface area contributed by atoms with E-state index < -0.39 is 124 Å². The number of hydrogen-bond donors (Lipinski definition) is 12. The van der Waals surface area contributed by atoms with Gasteiger partial charge in [-0.2, -0.15) is 0 Å². The number of allylic oxidation sites excluding steroid dienone is 8. The number of unbranched alkanes of at least 4 members (excludes halogenated alkanes) is 21. The van der Waals surface area contributed by atoms with Gasteiger partial charge in [0, 0.05) is 6.42 Å². The smallest absolute Gasteiger partial charge is 0.220 e. The molecule has 3 fully saturated rings. The van der Waals surface area contributed by atoms with Crippen LogP contribution in [-0.2, 0) is 33.2 Å². The van der Waals surface area contributed by atoms with E-state index in [2.05, 4.69) is 67.8 Å². The molecular formula is C61H109NO18. The molecule has 3 aliphatic rings. The van der Waals surface area contributed by atoms with E-state index in [1.807, 2.05) is 0 Å². The lowest BCUT2D eigenvalue weighted by atomic mass is 9.96. The first-order chi connectivity index (χ1) is 38.8. The summed E-state index contributed by atoms with van der Waals surface area (Å²) in [6.07, 6.45) is 22.0. The van der Waals surface area contributed by atoms with Gasteiger partial charge in [0.15, 0.2) is 18.9 Å². The minimum absolute atomic E-state index is 0.213. The molecule has 0 saturated carbocycles. The zero-order valence-corrected chi connectivity index (χ0v) is 48.5. The summed E-state index contributed by atoms with van der Waals surface area (Å²) in [5.74, 6) is -0.284. The molecule has 0 bridgehead atoms. The van der Waals surface area contributed by atoms with Crippen LogP contribution in [0.5, 0.6) is 0 Å². The molecule has 0 aromatic carbocycles. The zero-order valence-electron chi connectivity index (χ0n) is 48.5. The average Bonchev–Trinajstić information content (AvgIpc) is 3.50. The number of hydrogen-bond acceptors (Lipinski definition) is 18. The number of ether oxygens (including phenoxy) is 6. The summed E-state index contributed by atoms with van der Waals surface area (Å²) >= 11 is 0. The second-order valence-corrected chi connectivity index (χ2v) is 22.1. The molecule has 3 aliphatic heterocycles. The topological polar surface area (TPSA) is 307 Å². The summed E-state index contributed by atoms with van der Waals surface area (Å²) in [6.45, 7) is 1.64. The van der Waals surface area contributed by atoms with Gasteiger partial charge in [0.2, 0.25) is 5.91 Å². The lowest BCUT2D eigenvalue weighted by Gasteiger charge is -2.48. The Morgan fingerprint density at radius 2 is 0.863 bits per heavy atom. The number of amides is 1. The van der Waals surface area contributed by atoms with Gasteiger partial charge in [-0.3, -0.25) is 4.79 Å². The van der Waals surface area contributed by atoms with Crippen LogP contribution in [0.4, 0.5) is 0 Å². The number of aliphatic hydroxyl groups is 11. The number of carbonyl (C=O) groups is 1. The van der Waals surface area contributed by atoms with Crippen molar-refractivity contribution in [3.63, 3.8) is 0 Å². The average molecular weight is 1140 g/mol. The SMILES string of the molecule is CC/C=C\C/C=C\C/C=C\C/C=C\CCCCC(=O)NC(COC1OC(CO)C(OC2OC(CO)C(OC3OC(CO)C(O)C(O)C3O)C(O)C2O)C(O)C1O)C(O)CCCCCCCCCCCCCCCCCCCCCC. The van der Waals surface area contributed by atoms with Gasteiger partial charge in [0.25, 0.3) is 0 Å². The maximum absolute atomic E-state index is 13.3. The third kappa shape index (κ3) is 27.6. The Hall–Kier alpha value is -2.25. The van der Waals surface area contributed by atoms with Crippen LogP contribution in [0.3, 0.4) is 0 Å². The fourth-order valence-electron chi connectivity index (χ4n) is 10.4. The number of carbonyl (C=O) groups excluding carboxylic acids is 1. The summed E-state index contributed by atoms with van der Waals surface area (Å²) in [5.41, 5.74) is 0. The highest BCUT2D eigenvalue weighted by Gasteiger charge is 2.53. The molecule has 0 radical (unpaired) electrons. The van der Waals surface area contributed by atoms with Gasteiger partial charge in [-0.25, -0.2) is 0 Å². The van der Waals surface area contributed by atoms with Crippen molar-refractivity contribution in [2.75, 3.05) is 26.4 Å². The Morgan fingerprint density at radius 3 is 1.32 bits per heavy atom. The predicted molar refractivity (Wildman–Crippen MR) is 305 cm³/mol. The van der Waals surface area contributed by atoms with E-state index in [9.17, 15) is 61.0 Å². The number of aliphatic hydroxyl groups excluding tert-OH is 11. The van der Waals surface area contributed by atoms with E-state index in [0.717, 1.165) is 64.2 Å². The molecule has 3 rings (SSSR count). The summed E-state index contributed by atoms with van der Waals surface area (Å²) in [6, 6.07) is -0.910. The first-order valence-corrected chi connectivity index (χ1v) is 30.9. The largest absolute Gasteiger partial charge is 0.394 e. The van der Waals surface area contributed by atoms with Gasteiger partial charge in [0.05, 0.1) is 38.6 Å². The number of nitrogens with one attached hydrogen (secondary N) is 1. The molecule has 0 aromatic heterocycles. The molecule has 1 amide bonds. The third-order valence-corrected chi connectivity index (χ3v) is 15.4. The van der Waals surface area contributed by atoms with Gasteiger partial charge in [-0.1, -0.05) is 191 Å². The van der Waals surface area contributed by atoms with Gasteiger partial charge in [0.1, 0.15) is 73.2 Å². The molecule has 0 aliphatic carbocycles. The first kappa shape index (κ1) is 72.0. The van der Waals surface area contributed by atoms with Crippen molar-refractivity contribution in [3.05, 3.63) is 48.6 Å². The van der Waals surface area contributed by atoms with Gasteiger partial charge in [-0.15, -0.1) is 0 Å². The highest BCUT2D eigenvalue weighted by Crippen LogP contribution is 2.33. The molecule has 12 N–H and O–H groups in total. The van der Waals surface area contributed by atoms with E-state index in [1.54, 1.807) is 0 Å². The standard InChI is InChI=1S/C61H109NO18/c1-3-5-7-9-11-13-15-17-19-20-21-22-23-25-26-28-30-32-34-36-38-45(66)44(62-49(67)39-37-35-33-31-29-27-24-18-16-14-12-10-8-6-4-2)43-75-59-55(73)52(70)57(47(41-64)77-59)80-61-56(74)53(71)58(48(42-65)78-61)79-60-54(72)51(69)50(68)46(40-63)76-60/h6,8,12,14,18,24,29,31,44-48,50-61,63-66,68-74H,3-5,7,9-11,13,15-17,19-23,25-28,30,32-43H2,1-2H3,(H,62,67)/b8-6-,14-12-,24-18-,31-29-. The van der Waals surface area contributed by atoms with E-state index in [1.165, 1.54) is 103 Å². The molecule has 19 nitrogen and oxygen atoms in total. The Balaban J connectivity index is 1.49. The fraction of sp³-hybridized carbons (Fsp3) is 0.852. The molecule has 466 valence electrons. The van der Waals surface area contributed by atoms with Gasteiger partial charge >= 0.3 is 0 Å². The van der Waals surface area contributed by atoms with Crippen molar-refractivity contribution < 1.29 is 89.4 Å². The Morgan fingerprint density at radius 1 is 0.463 bits per heavy atom. The van der Waals surface area contributed by atoms with Gasteiger partial charge in [-0.05, 0) is 51.4 Å². The van der Waals surface area contributed by atoms with Crippen LogP contribution in [0.1, 0.15) is 200 Å². The highest BCUT2D eigenvalue weighted by molar-refractivity contribution is 5.76. The molecular weight excluding hydrogens is 1030 g/mol. The second kappa shape index (κ2) is 44.3. The maximum atomic E-state index is 13.3. The Labute approximate surface area is 478 Å². The summed E-state index contributed by atoms with van der Waals surface area (Å²) < 4.78 is 34.3.